The van der Waals surface area contributed by atoms with Crippen molar-refractivity contribution in [3.63, 3.8) is 0 Å². The number of hydrogen-bond acceptors (Lipinski definition) is 1. The van der Waals surface area contributed by atoms with E-state index in [4.69, 9.17) is 0 Å². The van der Waals surface area contributed by atoms with Crippen molar-refractivity contribution in [2.75, 3.05) is 0 Å². The van der Waals surface area contributed by atoms with Gasteiger partial charge < -0.3 is 5.11 Å². The fourth-order valence-electron chi connectivity index (χ4n) is 3.99. The first-order valence-corrected chi connectivity index (χ1v) is 8.22. The zero-order valence-electron chi connectivity index (χ0n) is 13.1. The number of benzene rings is 1. The van der Waals surface area contributed by atoms with Gasteiger partial charge in [-0.1, -0.05) is 30.4 Å². The number of allylic oxidation sites excluding steroid dienone is 2. The summed E-state index contributed by atoms with van der Waals surface area (Å²) in [6.07, 6.45) is 3.78. The normalized spacial score (nSPS) is 33.6. The topological polar surface area (TPSA) is 20.2 Å². The van der Waals surface area contributed by atoms with Crippen LogP contribution in [-0.2, 0) is 5.60 Å². The predicted octanol–water partition coefficient (Wildman–Crippen LogP) is 5.12. The predicted molar refractivity (Wildman–Crippen MR) is 83.6 cm³/mol. The minimum Gasteiger partial charge on any atom is -0.380 e. The Hall–Kier alpha value is -1.62. The second kappa shape index (κ2) is 6.36. The summed E-state index contributed by atoms with van der Waals surface area (Å²) >= 11 is 0. The van der Waals surface area contributed by atoms with Crippen LogP contribution in [0, 0.1) is 23.6 Å². The first-order valence-electron chi connectivity index (χ1n) is 8.22. The maximum absolute atomic E-state index is 13.6. The zero-order chi connectivity index (χ0) is 17.4. The van der Waals surface area contributed by atoms with Crippen LogP contribution in [0.15, 0.2) is 48.6 Å². The Morgan fingerprint density at radius 3 is 2.38 bits per heavy atom. The van der Waals surface area contributed by atoms with Crippen molar-refractivity contribution in [3.05, 3.63) is 60.0 Å². The van der Waals surface area contributed by atoms with Crippen molar-refractivity contribution < 1.29 is 22.7 Å². The van der Waals surface area contributed by atoms with Gasteiger partial charge in [-0.15, -0.1) is 0 Å². The van der Waals surface area contributed by atoms with Crippen LogP contribution in [0.25, 0.3) is 0 Å². The summed E-state index contributed by atoms with van der Waals surface area (Å²) in [5.74, 6) is -2.10. The summed E-state index contributed by atoms with van der Waals surface area (Å²) < 4.78 is 52.1. The Morgan fingerprint density at radius 2 is 1.75 bits per heavy atom. The third kappa shape index (κ3) is 3.27. The molecule has 0 spiro atoms. The smallest absolute Gasteiger partial charge is 0.380 e. The van der Waals surface area contributed by atoms with Crippen molar-refractivity contribution in [1.82, 2.24) is 0 Å². The molecule has 2 unspecified atom stereocenters. The summed E-state index contributed by atoms with van der Waals surface area (Å²) in [5, 5.41) is 11.2. The SMILES string of the molecule is OC1(c2cccc(F)c2)C=CC=CC1C1CCC(C(F)(F)F)CC1. The van der Waals surface area contributed by atoms with Crippen molar-refractivity contribution in [3.8, 4) is 0 Å². The Morgan fingerprint density at radius 1 is 1.04 bits per heavy atom. The number of aliphatic hydroxyl groups is 1. The second-order valence-electron chi connectivity index (χ2n) is 6.76. The molecule has 1 N–H and O–H groups in total. The summed E-state index contributed by atoms with van der Waals surface area (Å²) in [5.41, 5.74) is -0.946. The summed E-state index contributed by atoms with van der Waals surface area (Å²) in [7, 11) is 0. The van der Waals surface area contributed by atoms with E-state index in [0.29, 0.717) is 18.4 Å². The zero-order valence-corrected chi connectivity index (χ0v) is 13.1. The molecule has 1 nitrogen and oxygen atoms in total. The quantitative estimate of drug-likeness (QED) is 0.741. The Bertz CT molecular complexity index is 641. The average molecular weight is 340 g/mol. The number of alkyl halides is 3. The molecule has 130 valence electrons. The van der Waals surface area contributed by atoms with Gasteiger partial charge in [0, 0.05) is 5.92 Å². The van der Waals surface area contributed by atoms with Crippen LogP contribution in [0.2, 0.25) is 0 Å². The molecule has 2 aliphatic rings. The van der Waals surface area contributed by atoms with Crippen molar-refractivity contribution in [1.29, 1.82) is 0 Å². The van der Waals surface area contributed by atoms with Crippen molar-refractivity contribution in [2.45, 2.75) is 37.5 Å². The summed E-state index contributed by atoms with van der Waals surface area (Å²) in [6.45, 7) is 0. The first-order chi connectivity index (χ1) is 11.3. The van der Waals surface area contributed by atoms with Crippen LogP contribution in [0.4, 0.5) is 17.6 Å². The molecule has 2 aliphatic carbocycles. The minimum atomic E-state index is -4.15. The molecule has 3 rings (SSSR count). The van der Waals surface area contributed by atoms with E-state index < -0.39 is 23.5 Å². The molecule has 5 heteroatoms. The molecule has 1 aromatic rings. The van der Waals surface area contributed by atoms with Gasteiger partial charge in [0.15, 0.2) is 0 Å². The lowest BCUT2D eigenvalue weighted by Crippen LogP contribution is -2.40. The molecule has 0 aliphatic heterocycles. The Labute approximate surface area is 138 Å². The molecule has 0 saturated heterocycles. The third-order valence-electron chi connectivity index (χ3n) is 5.32. The monoisotopic (exact) mass is 340 g/mol. The van der Waals surface area contributed by atoms with Crippen LogP contribution < -0.4 is 0 Å². The highest BCUT2D eigenvalue weighted by atomic mass is 19.4. The molecule has 1 fully saturated rings. The van der Waals surface area contributed by atoms with E-state index in [-0.39, 0.29) is 24.7 Å². The minimum absolute atomic E-state index is 0.0573. The molecule has 1 saturated carbocycles. The molecule has 0 aromatic heterocycles. The average Bonchev–Trinajstić information content (AvgIpc) is 2.55. The van der Waals surface area contributed by atoms with Gasteiger partial charge in [0.2, 0.25) is 0 Å². The van der Waals surface area contributed by atoms with E-state index in [9.17, 15) is 22.7 Å². The molecule has 24 heavy (non-hydrogen) atoms. The highest BCUT2D eigenvalue weighted by molar-refractivity contribution is 5.35. The Balaban J connectivity index is 1.82. The molecule has 0 bridgehead atoms. The van der Waals surface area contributed by atoms with E-state index in [2.05, 4.69) is 0 Å². The molecular formula is C19H20F4O. The molecular weight excluding hydrogens is 320 g/mol. The standard InChI is InChI=1S/C19H20F4O/c20-16-5-3-4-15(12-16)18(24)11-2-1-6-17(18)13-7-9-14(10-8-13)19(21,22)23/h1-6,11-14,17,24H,7-10H2. The van der Waals surface area contributed by atoms with Crippen LogP contribution in [0.3, 0.4) is 0 Å². The maximum atomic E-state index is 13.6. The first kappa shape index (κ1) is 17.2. The second-order valence-corrected chi connectivity index (χ2v) is 6.76. The highest BCUT2D eigenvalue weighted by Gasteiger charge is 2.46. The lowest BCUT2D eigenvalue weighted by Gasteiger charge is -2.42. The fraction of sp³-hybridized carbons (Fsp3) is 0.474. The van der Waals surface area contributed by atoms with Crippen molar-refractivity contribution >= 4 is 0 Å². The largest absolute Gasteiger partial charge is 0.391 e. The van der Waals surface area contributed by atoms with E-state index >= 15 is 0 Å². The van der Waals surface area contributed by atoms with E-state index in [1.54, 1.807) is 24.3 Å². The van der Waals surface area contributed by atoms with Gasteiger partial charge in [0.05, 0.1) is 5.92 Å². The van der Waals surface area contributed by atoms with Gasteiger partial charge in [-0.25, -0.2) is 4.39 Å². The van der Waals surface area contributed by atoms with Crippen molar-refractivity contribution in [2.24, 2.45) is 17.8 Å². The molecule has 1 aromatic carbocycles. The molecule has 0 amide bonds. The lowest BCUT2D eigenvalue weighted by molar-refractivity contribution is -0.185. The van der Waals surface area contributed by atoms with Gasteiger partial charge in [0.1, 0.15) is 11.4 Å². The van der Waals surface area contributed by atoms with E-state index in [1.165, 1.54) is 18.2 Å². The maximum Gasteiger partial charge on any atom is 0.391 e. The van der Waals surface area contributed by atoms with Crippen LogP contribution in [0.1, 0.15) is 31.2 Å². The fourth-order valence-corrected chi connectivity index (χ4v) is 3.99. The third-order valence-corrected chi connectivity index (χ3v) is 5.32. The van der Waals surface area contributed by atoms with Crippen LogP contribution >= 0.6 is 0 Å². The molecule has 2 atom stereocenters. The van der Waals surface area contributed by atoms with Gasteiger partial charge >= 0.3 is 6.18 Å². The van der Waals surface area contributed by atoms with E-state index in [0.717, 1.165) is 0 Å². The number of halogens is 4. The molecule has 0 heterocycles. The number of hydrogen-bond donors (Lipinski definition) is 1. The Kier molecular flexibility index (Phi) is 4.56. The molecule has 0 radical (unpaired) electrons. The summed E-state index contributed by atoms with van der Waals surface area (Å²) in [4.78, 5) is 0. The van der Waals surface area contributed by atoms with E-state index in [1.807, 2.05) is 6.08 Å². The number of rotatable bonds is 2. The van der Waals surface area contributed by atoms with Crippen LogP contribution in [0.5, 0.6) is 0 Å². The van der Waals surface area contributed by atoms with Gasteiger partial charge in [-0.2, -0.15) is 13.2 Å². The highest BCUT2D eigenvalue weighted by Crippen LogP contribution is 2.47. The van der Waals surface area contributed by atoms with Gasteiger partial charge in [-0.3, -0.25) is 0 Å². The van der Waals surface area contributed by atoms with Gasteiger partial charge in [-0.05, 0) is 55.4 Å². The van der Waals surface area contributed by atoms with Crippen LogP contribution in [-0.4, -0.2) is 11.3 Å². The summed E-state index contributed by atoms with van der Waals surface area (Å²) in [6, 6.07) is 5.78. The van der Waals surface area contributed by atoms with Gasteiger partial charge in [0.25, 0.3) is 0 Å². The lowest BCUT2D eigenvalue weighted by atomic mass is 9.66.